The summed E-state index contributed by atoms with van der Waals surface area (Å²) in [6.45, 7) is 0. The van der Waals surface area contributed by atoms with Crippen molar-refractivity contribution >= 4 is 25.8 Å². The van der Waals surface area contributed by atoms with Crippen LogP contribution in [0, 0.1) is 0 Å². The summed E-state index contributed by atoms with van der Waals surface area (Å²) < 4.78 is 37.7. The lowest BCUT2D eigenvalue weighted by Gasteiger charge is -2.06. The normalized spacial score (nSPS) is 11.3. The lowest BCUT2D eigenvalue weighted by Crippen LogP contribution is -2.04. The van der Waals surface area contributed by atoms with Crippen LogP contribution in [0.2, 0.25) is 0 Å². The zero-order chi connectivity index (χ0) is 22.0. The molecule has 0 atom stereocenters. The third-order valence-electron chi connectivity index (χ3n) is 4.80. The van der Waals surface area contributed by atoms with Crippen LogP contribution in [-0.2, 0) is 9.84 Å². The molecule has 4 rings (SSSR count). The summed E-state index contributed by atoms with van der Waals surface area (Å²) in [6.07, 6.45) is 0. The van der Waals surface area contributed by atoms with Crippen LogP contribution >= 0.6 is 15.9 Å². The van der Waals surface area contributed by atoms with E-state index in [1.165, 1.54) is 0 Å². The second-order valence-electron chi connectivity index (χ2n) is 6.68. The molecule has 0 aliphatic rings. The van der Waals surface area contributed by atoms with E-state index >= 15 is 0 Å². The molecular weight excluding hydrogens is 480 g/mol. The predicted molar refractivity (Wildman–Crippen MR) is 122 cm³/mol. The van der Waals surface area contributed by atoms with Gasteiger partial charge in [0.15, 0.2) is 0 Å². The Morgan fingerprint density at radius 1 is 0.774 bits per heavy atom. The monoisotopic (exact) mass is 498 g/mol. The smallest absolute Gasteiger partial charge is 0.239 e. The Kier molecular flexibility index (Phi) is 5.84. The van der Waals surface area contributed by atoms with Crippen molar-refractivity contribution in [2.24, 2.45) is 0 Å². The maximum absolute atomic E-state index is 13.2. The second kappa shape index (κ2) is 8.56. The summed E-state index contributed by atoms with van der Waals surface area (Å²) >= 11 is 3.33. The number of halogens is 1. The largest absolute Gasteiger partial charge is 0.497 e. The quantitative estimate of drug-likeness (QED) is 0.387. The van der Waals surface area contributed by atoms with E-state index in [4.69, 9.17) is 9.47 Å². The highest BCUT2D eigenvalue weighted by Crippen LogP contribution is 2.34. The molecule has 3 aromatic carbocycles. The van der Waals surface area contributed by atoms with Crippen LogP contribution in [-0.4, -0.2) is 32.6 Å². The van der Waals surface area contributed by atoms with Crippen molar-refractivity contribution in [3.63, 3.8) is 0 Å². The van der Waals surface area contributed by atoms with Gasteiger partial charge in [0.05, 0.1) is 30.5 Å². The lowest BCUT2D eigenvalue weighted by molar-refractivity contribution is 0.414. The molecule has 158 valence electrons. The fourth-order valence-corrected chi connectivity index (χ4v) is 4.56. The van der Waals surface area contributed by atoms with Crippen LogP contribution in [0.5, 0.6) is 11.5 Å². The number of imidazole rings is 1. The number of sulfone groups is 1. The van der Waals surface area contributed by atoms with Crippen molar-refractivity contribution in [1.82, 2.24) is 9.97 Å². The number of hydrogen-bond donors (Lipinski definition) is 1. The van der Waals surface area contributed by atoms with Crippen LogP contribution in [0.3, 0.4) is 0 Å². The number of benzene rings is 3. The molecule has 0 saturated carbocycles. The Labute approximate surface area is 188 Å². The molecule has 4 aromatic rings. The van der Waals surface area contributed by atoms with Gasteiger partial charge >= 0.3 is 0 Å². The molecular formula is C23H19BrN2O4S. The molecule has 31 heavy (non-hydrogen) atoms. The van der Waals surface area contributed by atoms with Crippen molar-refractivity contribution < 1.29 is 17.9 Å². The van der Waals surface area contributed by atoms with E-state index in [1.807, 2.05) is 48.5 Å². The first-order valence-electron chi connectivity index (χ1n) is 9.32. The zero-order valence-corrected chi connectivity index (χ0v) is 19.2. The second-order valence-corrected chi connectivity index (χ2v) is 9.46. The van der Waals surface area contributed by atoms with E-state index in [9.17, 15) is 8.42 Å². The van der Waals surface area contributed by atoms with Gasteiger partial charge in [-0.05, 0) is 72.8 Å². The van der Waals surface area contributed by atoms with Crippen LogP contribution in [0.4, 0.5) is 0 Å². The SMILES string of the molecule is COc1ccc(-c2nc(S(=O)(=O)c3ccc(Br)cc3)[nH]c2-c2ccc(OC)cc2)cc1. The van der Waals surface area contributed by atoms with Gasteiger partial charge in [-0.15, -0.1) is 0 Å². The van der Waals surface area contributed by atoms with Gasteiger partial charge < -0.3 is 14.5 Å². The standard InChI is InChI=1S/C23H19BrN2O4S/c1-29-18-9-3-15(4-10-18)21-22(16-5-11-19(30-2)12-6-16)26-23(25-21)31(27,28)20-13-7-17(24)8-14-20/h3-14H,1-2H3,(H,25,26). The van der Waals surface area contributed by atoms with Crippen LogP contribution < -0.4 is 9.47 Å². The summed E-state index contributed by atoms with van der Waals surface area (Å²) in [4.78, 5) is 7.69. The van der Waals surface area contributed by atoms with Gasteiger partial charge in [0, 0.05) is 15.6 Å². The van der Waals surface area contributed by atoms with E-state index < -0.39 is 9.84 Å². The van der Waals surface area contributed by atoms with E-state index in [2.05, 4.69) is 25.9 Å². The fraction of sp³-hybridized carbons (Fsp3) is 0.0870. The molecule has 0 unspecified atom stereocenters. The summed E-state index contributed by atoms with van der Waals surface area (Å²) in [6, 6.07) is 21.1. The molecule has 1 aromatic heterocycles. The van der Waals surface area contributed by atoms with Crippen molar-refractivity contribution in [3.05, 3.63) is 77.3 Å². The van der Waals surface area contributed by atoms with E-state index in [0.29, 0.717) is 22.9 Å². The minimum absolute atomic E-state index is 0.119. The van der Waals surface area contributed by atoms with Crippen LogP contribution in [0.1, 0.15) is 0 Å². The van der Waals surface area contributed by atoms with Gasteiger partial charge in [0.1, 0.15) is 11.5 Å². The van der Waals surface area contributed by atoms with Gasteiger partial charge in [0.25, 0.3) is 0 Å². The summed E-state index contributed by atoms with van der Waals surface area (Å²) in [5.41, 5.74) is 2.68. The minimum atomic E-state index is -3.84. The fourth-order valence-electron chi connectivity index (χ4n) is 3.13. The number of nitrogens with one attached hydrogen (secondary N) is 1. The highest BCUT2D eigenvalue weighted by atomic mass is 79.9. The molecule has 0 fully saturated rings. The first-order chi connectivity index (χ1) is 14.9. The number of aromatic amines is 1. The Hall–Kier alpha value is -3.10. The lowest BCUT2D eigenvalue weighted by atomic mass is 10.0. The predicted octanol–water partition coefficient (Wildman–Crippen LogP) is 5.36. The van der Waals surface area contributed by atoms with Crippen molar-refractivity contribution in [2.75, 3.05) is 14.2 Å². The molecule has 6 nitrogen and oxygen atoms in total. The number of ether oxygens (including phenoxy) is 2. The Morgan fingerprint density at radius 3 is 1.81 bits per heavy atom. The average molecular weight is 499 g/mol. The number of rotatable bonds is 6. The molecule has 0 aliphatic heterocycles. The molecule has 1 heterocycles. The van der Waals surface area contributed by atoms with Gasteiger partial charge in [-0.2, -0.15) is 0 Å². The third-order valence-corrected chi connectivity index (χ3v) is 6.93. The molecule has 1 N–H and O–H groups in total. The Bertz CT molecular complexity index is 1230. The molecule has 0 bridgehead atoms. The molecule has 0 aliphatic carbocycles. The zero-order valence-electron chi connectivity index (χ0n) is 16.8. The molecule has 0 saturated heterocycles. The maximum atomic E-state index is 13.2. The number of methoxy groups -OCH3 is 2. The summed E-state index contributed by atoms with van der Waals surface area (Å²) in [7, 11) is -0.649. The van der Waals surface area contributed by atoms with Crippen LogP contribution in [0.25, 0.3) is 22.5 Å². The van der Waals surface area contributed by atoms with Crippen molar-refractivity contribution in [1.29, 1.82) is 0 Å². The summed E-state index contributed by atoms with van der Waals surface area (Å²) in [5, 5.41) is -0.119. The van der Waals surface area contributed by atoms with Crippen molar-refractivity contribution in [3.8, 4) is 34.0 Å². The van der Waals surface area contributed by atoms with Gasteiger partial charge in [0.2, 0.25) is 15.0 Å². The molecule has 0 spiro atoms. The Morgan fingerprint density at radius 2 is 1.29 bits per heavy atom. The van der Waals surface area contributed by atoms with E-state index in [-0.39, 0.29) is 10.1 Å². The number of nitrogens with zero attached hydrogens (tertiary/aromatic N) is 1. The van der Waals surface area contributed by atoms with Crippen LogP contribution in [0.15, 0.2) is 87.3 Å². The van der Waals surface area contributed by atoms with Gasteiger partial charge in [-0.3, -0.25) is 0 Å². The first-order valence-corrected chi connectivity index (χ1v) is 11.6. The molecule has 0 amide bonds. The Balaban J connectivity index is 1.87. The van der Waals surface area contributed by atoms with E-state index in [0.717, 1.165) is 15.6 Å². The topological polar surface area (TPSA) is 81.3 Å². The number of H-pyrrole nitrogens is 1. The number of aromatic nitrogens is 2. The van der Waals surface area contributed by atoms with Gasteiger partial charge in [-0.25, -0.2) is 13.4 Å². The average Bonchev–Trinajstić information content (AvgIpc) is 3.26. The first kappa shape index (κ1) is 21.1. The van der Waals surface area contributed by atoms with Gasteiger partial charge in [-0.1, -0.05) is 15.9 Å². The highest BCUT2D eigenvalue weighted by Gasteiger charge is 2.25. The van der Waals surface area contributed by atoms with E-state index in [1.54, 1.807) is 38.5 Å². The minimum Gasteiger partial charge on any atom is -0.497 e. The highest BCUT2D eigenvalue weighted by molar-refractivity contribution is 9.10. The summed E-state index contributed by atoms with van der Waals surface area (Å²) in [5.74, 6) is 1.41. The van der Waals surface area contributed by atoms with Crippen molar-refractivity contribution in [2.45, 2.75) is 10.1 Å². The number of hydrogen-bond acceptors (Lipinski definition) is 5. The maximum Gasteiger partial charge on any atom is 0.239 e. The molecule has 8 heteroatoms. The molecule has 0 radical (unpaired) electrons. The third kappa shape index (κ3) is 4.22.